The Bertz CT molecular complexity index is 492. The number of anilines is 1. The van der Waals surface area contributed by atoms with Crippen LogP contribution in [-0.4, -0.2) is 35.6 Å². The first-order valence-corrected chi connectivity index (χ1v) is 8.64. The lowest BCUT2D eigenvalue weighted by molar-refractivity contribution is 0.0694. The molecule has 2 atom stereocenters. The van der Waals surface area contributed by atoms with Gasteiger partial charge in [0.2, 0.25) is 0 Å². The van der Waals surface area contributed by atoms with Crippen LogP contribution in [-0.2, 0) is 0 Å². The summed E-state index contributed by atoms with van der Waals surface area (Å²) in [6, 6.07) is 5.53. The second-order valence-electron chi connectivity index (χ2n) is 5.56. The number of carboxylic acid groups (broad SMARTS) is 1. The molecule has 1 aromatic rings. The highest BCUT2D eigenvalue weighted by Gasteiger charge is 2.25. The third-order valence-corrected chi connectivity index (χ3v) is 5.10. The molecule has 21 heavy (non-hydrogen) atoms. The van der Waals surface area contributed by atoms with Gasteiger partial charge in [0, 0.05) is 23.7 Å². The molecule has 0 amide bonds. The average molecular weight is 309 g/mol. The molecule has 1 aliphatic carbocycles. The average Bonchev–Trinajstić information content (AvgIpc) is 2.52. The van der Waals surface area contributed by atoms with Gasteiger partial charge in [-0.15, -0.1) is 11.8 Å². The van der Waals surface area contributed by atoms with Crippen molar-refractivity contribution >= 4 is 23.4 Å². The van der Waals surface area contributed by atoms with E-state index in [0.717, 1.165) is 24.3 Å². The summed E-state index contributed by atoms with van der Waals surface area (Å²) in [4.78, 5) is 12.3. The van der Waals surface area contributed by atoms with Crippen LogP contribution in [0.2, 0.25) is 0 Å². The Labute approximate surface area is 129 Å². The van der Waals surface area contributed by atoms with E-state index in [1.807, 2.05) is 24.5 Å². The Morgan fingerprint density at radius 1 is 1.33 bits per heavy atom. The number of carbonyl (C=O) groups is 1. The molecule has 3 N–H and O–H groups in total. The minimum absolute atomic E-state index is 0.225. The summed E-state index contributed by atoms with van der Waals surface area (Å²) in [5.74, 6) is -0.142. The van der Waals surface area contributed by atoms with Gasteiger partial charge < -0.3 is 15.5 Å². The number of aliphatic hydroxyl groups is 1. The zero-order valence-electron chi connectivity index (χ0n) is 12.3. The van der Waals surface area contributed by atoms with Gasteiger partial charge in [-0.2, -0.15) is 0 Å². The number of carboxylic acids is 1. The summed E-state index contributed by atoms with van der Waals surface area (Å²) >= 11 is 1.44. The van der Waals surface area contributed by atoms with Crippen LogP contribution >= 0.6 is 11.8 Å². The molecule has 0 saturated heterocycles. The molecule has 5 heteroatoms. The highest BCUT2D eigenvalue weighted by Crippen LogP contribution is 2.31. The van der Waals surface area contributed by atoms with Crippen LogP contribution in [0.25, 0.3) is 0 Å². The normalized spacial score (nSPS) is 22.0. The smallest absolute Gasteiger partial charge is 0.338 e. The molecular weight excluding hydrogens is 286 g/mol. The molecule has 0 spiro atoms. The molecule has 2 rings (SSSR count). The number of thioether (sulfide) groups is 1. The molecule has 0 heterocycles. The van der Waals surface area contributed by atoms with Gasteiger partial charge in [-0.3, -0.25) is 0 Å². The minimum Gasteiger partial charge on any atom is -0.478 e. The zero-order chi connectivity index (χ0) is 15.2. The Kier molecular flexibility index (Phi) is 5.94. The fraction of sp³-hybridized carbons (Fsp3) is 0.562. The lowest BCUT2D eigenvalue weighted by Crippen LogP contribution is -2.29. The van der Waals surface area contributed by atoms with Gasteiger partial charge in [-0.1, -0.05) is 18.9 Å². The monoisotopic (exact) mass is 309 g/mol. The maximum atomic E-state index is 11.5. The molecule has 116 valence electrons. The standard InChI is InChI=1S/C16H23NO3S/c1-21-14-8-4-7-13(15(14)16(19)20)17-9-11-5-2-3-6-12(11)10-18/h4,7-8,11-12,17-18H,2-3,5-6,9-10H2,1H3,(H,19,20). The van der Waals surface area contributed by atoms with Crippen molar-refractivity contribution in [1.29, 1.82) is 0 Å². The Morgan fingerprint density at radius 2 is 2.05 bits per heavy atom. The van der Waals surface area contributed by atoms with E-state index in [4.69, 9.17) is 0 Å². The highest BCUT2D eigenvalue weighted by atomic mass is 32.2. The molecule has 1 aliphatic rings. The van der Waals surface area contributed by atoms with Crippen molar-refractivity contribution in [1.82, 2.24) is 0 Å². The van der Waals surface area contributed by atoms with Crippen LogP contribution < -0.4 is 5.32 Å². The van der Waals surface area contributed by atoms with Crippen LogP contribution in [0.15, 0.2) is 23.1 Å². The molecule has 1 saturated carbocycles. The van der Waals surface area contributed by atoms with Crippen molar-refractivity contribution in [2.75, 3.05) is 24.7 Å². The molecule has 0 aromatic heterocycles. The van der Waals surface area contributed by atoms with E-state index in [2.05, 4.69) is 5.32 Å². The predicted molar refractivity (Wildman–Crippen MR) is 86.2 cm³/mol. The molecule has 0 bridgehead atoms. The summed E-state index contributed by atoms with van der Waals surface area (Å²) < 4.78 is 0. The van der Waals surface area contributed by atoms with Crippen molar-refractivity contribution in [2.45, 2.75) is 30.6 Å². The van der Waals surface area contributed by atoms with Gasteiger partial charge in [0.25, 0.3) is 0 Å². The number of nitrogens with one attached hydrogen (secondary N) is 1. The van der Waals surface area contributed by atoms with E-state index in [1.165, 1.54) is 24.6 Å². The Morgan fingerprint density at radius 3 is 2.67 bits per heavy atom. The van der Waals surface area contributed by atoms with Crippen molar-refractivity contribution in [3.63, 3.8) is 0 Å². The molecule has 1 aromatic carbocycles. The maximum Gasteiger partial charge on any atom is 0.338 e. The zero-order valence-corrected chi connectivity index (χ0v) is 13.2. The molecule has 0 radical (unpaired) electrons. The van der Waals surface area contributed by atoms with Gasteiger partial charge in [-0.05, 0) is 43.1 Å². The molecule has 0 aliphatic heterocycles. The third-order valence-electron chi connectivity index (χ3n) is 4.32. The Balaban J connectivity index is 2.10. The first-order valence-electron chi connectivity index (χ1n) is 7.42. The predicted octanol–water partition coefficient (Wildman–Crippen LogP) is 3.32. The van der Waals surface area contributed by atoms with Crippen molar-refractivity contribution in [3.8, 4) is 0 Å². The number of benzene rings is 1. The summed E-state index contributed by atoms with van der Waals surface area (Å²) in [6.07, 6.45) is 6.43. The number of aromatic carboxylic acids is 1. The third kappa shape index (κ3) is 3.92. The van der Waals surface area contributed by atoms with E-state index in [0.29, 0.717) is 23.1 Å². The fourth-order valence-electron chi connectivity index (χ4n) is 3.10. The number of aliphatic hydroxyl groups excluding tert-OH is 1. The summed E-state index contributed by atoms with van der Waals surface area (Å²) in [6.45, 7) is 0.951. The van der Waals surface area contributed by atoms with Crippen molar-refractivity contribution < 1.29 is 15.0 Å². The van der Waals surface area contributed by atoms with E-state index < -0.39 is 5.97 Å². The minimum atomic E-state index is -0.898. The number of rotatable bonds is 6. The van der Waals surface area contributed by atoms with Gasteiger partial charge in [-0.25, -0.2) is 4.79 Å². The van der Waals surface area contributed by atoms with Gasteiger partial charge in [0.1, 0.15) is 0 Å². The lowest BCUT2D eigenvalue weighted by atomic mass is 9.79. The Hall–Kier alpha value is -1.20. The fourth-order valence-corrected chi connectivity index (χ4v) is 3.72. The van der Waals surface area contributed by atoms with E-state index >= 15 is 0 Å². The van der Waals surface area contributed by atoms with Crippen molar-refractivity contribution in [3.05, 3.63) is 23.8 Å². The van der Waals surface area contributed by atoms with Crippen LogP contribution in [0, 0.1) is 11.8 Å². The highest BCUT2D eigenvalue weighted by molar-refractivity contribution is 7.98. The summed E-state index contributed by atoms with van der Waals surface area (Å²) in [7, 11) is 0. The number of hydrogen-bond acceptors (Lipinski definition) is 4. The second kappa shape index (κ2) is 7.71. The summed E-state index contributed by atoms with van der Waals surface area (Å²) in [5, 5.41) is 22.2. The van der Waals surface area contributed by atoms with Crippen LogP contribution in [0.1, 0.15) is 36.0 Å². The first kappa shape index (κ1) is 16.2. The number of hydrogen-bond donors (Lipinski definition) is 3. The maximum absolute atomic E-state index is 11.5. The molecule has 4 nitrogen and oxygen atoms in total. The van der Waals surface area contributed by atoms with E-state index in [9.17, 15) is 15.0 Å². The van der Waals surface area contributed by atoms with E-state index in [-0.39, 0.29) is 6.61 Å². The van der Waals surface area contributed by atoms with E-state index in [1.54, 1.807) is 0 Å². The topological polar surface area (TPSA) is 69.6 Å². The first-order chi connectivity index (χ1) is 10.2. The van der Waals surface area contributed by atoms with Gasteiger partial charge in [0.15, 0.2) is 0 Å². The van der Waals surface area contributed by atoms with Gasteiger partial charge >= 0.3 is 5.97 Å². The molecular formula is C16H23NO3S. The largest absolute Gasteiger partial charge is 0.478 e. The molecule has 1 fully saturated rings. The van der Waals surface area contributed by atoms with Crippen LogP contribution in [0.5, 0.6) is 0 Å². The summed E-state index contributed by atoms with van der Waals surface area (Å²) in [5.41, 5.74) is 1.03. The lowest BCUT2D eigenvalue weighted by Gasteiger charge is -2.30. The van der Waals surface area contributed by atoms with Crippen molar-refractivity contribution in [2.24, 2.45) is 11.8 Å². The quantitative estimate of drug-likeness (QED) is 0.703. The van der Waals surface area contributed by atoms with Crippen LogP contribution in [0.4, 0.5) is 5.69 Å². The SMILES string of the molecule is CSc1cccc(NCC2CCCCC2CO)c1C(=O)O. The van der Waals surface area contributed by atoms with Gasteiger partial charge in [0.05, 0.1) is 5.56 Å². The van der Waals surface area contributed by atoms with Crippen LogP contribution in [0.3, 0.4) is 0 Å². The molecule has 2 unspecified atom stereocenters. The second-order valence-corrected chi connectivity index (χ2v) is 6.40.